The number of halogens is 3. The van der Waals surface area contributed by atoms with Gasteiger partial charge >= 0.3 is 6.03 Å². The molecule has 1 heterocycles. The van der Waals surface area contributed by atoms with Crippen LogP contribution in [0.2, 0.25) is 10.0 Å². The van der Waals surface area contributed by atoms with E-state index in [-0.39, 0.29) is 11.1 Å². The summed E-state index contributed by atoms with van der Waals surface area (Å²) in [6.45, 7) is 6.61. The van der Waals surface area contributed by atoms with Crippen molar-refractivity contribution >= 4 is 34.9 Å². The van der Waals surface area contributed by atoms with Crippen molar-refractivity contribution in [1.29, 1.82) is 0 Å². The number of nitrogens with zero attached hydrogens (tertiary/aromatic N) is 2. The number of urea groups is 1. The molecule has 2 amide bonds. The first-order chi connectivity index (χ1) is 12.8. The SMILES string of the molecule is Cc1cccc(N2CCN(C(=O)NC(C)c3cc(F)c(Cl)cc3Cl)CC2)c1. The lowest BCUT2D eigenvalue weighted by molar-refractivity contribution is 0.191. The molecule has 4 nitrogen and oxygen atoms in total. The third kappa shape index (κ3) is 4.66. The first-order valence-corrected chi connectivity index (χ1v) is 9.62. The highest BCUT2D eigenvalue weighted by molar-refractivity contribution is 6.35. The lowest BCUT2D eigenvalue weighted by Crippen LogP contribution is -2.52. The van der Waals surface area contributed by atoms with E-state index in [4.69, 9.17) is 23.2 Å². The van der Waals surface area contributed by atoms with Gasteiger partial charge in [-0.3, -0.25) is 0 Å². The monoisotopic (exact) mass is 409 g/mol. The quantitative estimate of drug-likeness (QED) is 0.721. The minimum atomic E-state index is -0.552. The fraction of sp³-hybridized carbons (Fsp3) is 0.350. The fourth-order valence-corrected chi connectivity index (χ4v) is 3.76. The maximum Gasteiger partial charge on any atom is 0.317 e. The molecular formula is C20H22Cl2FN3O. The summed E-state index contributed by atoms with van der Waals surface area (Å²) in [6.07, 6.45) is 0. The molecule has 1 N–H and O–H groups in total. The molecule has 0 aliphatic carbocycles. The van der Waals surface area contributed by atoms with Crippen molar-refractivity contribution in [2.45, 2.75) is 19.9 Å². The molecule has 7 heteroatoms. The molecule has 1 fully saturated rings. The lowest BCUT2D eigenvalue weighted by Gasteiger charge is -2.36. The molecule has 0 aromatic heterocycles. The van der Waals surface area contributed by atoms with Crippen LogP contribution in [0.15, 0.2) is 36.4 Å². The molecule has 1 aliphatic heterocycles. The Kier molecular flexibility index (Phi) is 6.12. The van der Waals surface area contributed by atoms with Crippen LogP contribution in [0.25, 0.3) is 0 Å². The van der Waals surface area contributed by atoms with E-state index in [0.29, 0.717) is 23.7 Å². The van der Waals surface area contributed by atoms with Crippen molar-refractivity contribution in [1.82, 2.24) is 10.2 Å². The molecule has 3 rings (SSSR count). The second-order valence-corrected chi connectivity index (χ2v) is 7.59. The second kappa shape index (κ2) is 8.36. The van der Waals surface area contributed by atoms with Gasteiger partial charge in [-0.05, 0) is 49.2 Å². The van der Waals surface area contributed by atoms with Gasteiger partial charge < -0.3 is 15.1 Å². The molecular weight excluding hydrogens is 388 g/mol. The molecule has 1 unspecified atom stereocenters. The number of anilines is 1. The summed E-state index contributed by atoms with van der Waals surface area (Å²) < 4.78 is 13.7. The number of benzene rings is 2. The minimum Gasteiger partial charge on any atom is -0.368 e. The number of piperazine rings is 1. The Morgan fingerprint density at radius 1 is 1.11 bits per heavy atom. The Labute approximate surface area is 168 Å². The van der Waals surface area contributed by atoms with E-state index in [1.807, 2.05) is 6.07 Å². The highest BCUT2D eigenvalue weighted by Gasteiger charge is 2.23. The van der Waals surface area contributed by atoms with Gasteiger partial charge in [0.05, 0.1) is 11.1 Å². The predicted octanol–water partition coefficient (Wildman–Crippen LogP) is 5.03. The number of carbonyl (C=O) groups is 1. The minimum absolute atomic E-state index is 0.0328. The van der Waals surface area contributed by atoms with Crippen molar-refractivity contribution in [2.24, 2.45) is 0 Å². The molecule has 0 spiro atoms. The molecule has 144 valence electrons. The van der Waals surface area contributed by atoms with Crippen LogP contribution in [0.1, 0.15) is 24.1 Å². The summed E-state index contributed by atoms with van der Waals surface area (Å²) in [4.78, 5) is 16.6. The molecule has 0 bridgehead atoms. The van der Waals surface area contributed by atoms with Crippen LogP contribution in [0.5, 0.6) is 0 Å². The number of carbonyl (C=O) groups excluding carboxylic acids is 1. The third-order valence-electron chi connectivity index (χ3n) is 4.78. The zero-order valence-electron chi connectivity index (χ0n) is 15.3. The van der Waals surface area contributed by atoms with Gasteiger partial charge in [0, 0.05) is 36.9 Å². The van der Waals surface area contributed by atoms with Crippen LogP contribution in [-0.4, -0.2) is 37.1 Å². The van der Waals surface area contributed by atoms with Crippen LogP contribution in [0.4, 0.5) is 14.9 Å². The summed E-state index contributed by atoms with van der Waals surface area (Å²) in [7, 11) is 0. The topological polar surface area (TPSA) is 35.6 Å². The largest absolute Gasteiger partial charge is 0.368 e. The number of nitrogens with one attached hydrogen (secondary N) is 1. The Balaban J connectivity index is 1.59. The predicted molar refractivity (Wildman–Crippen MR) is 108 cm³/mol. The second-order valence-electron chi connectivity index (χ2n) is 6.77. The maximum absolute atomic E-state index is 13.7. The van der Waals surface area contributed by atoms with Gasteiger partial charge in [0.15, 0.2) is 0 Å². The molecule has 2 aromatic rings. The van der Waals surface area contributed by atoms with Crippen LogP contribution in [0.3, 0.4) is 0 Å². The van der Waals surface area contributed by atoms with Crippen LogP contribution in [-0.2, 0) is 0 Å². The van der Waals surface area contributed by atoms with E-state index in [1.54, 1.807) is 11.8 Å². The Morgan fingerprint density at radius 3 is 2.48 bits per heavy atom. The smallest absolute Gasteiger partial charge is 0.317 e. The zero-order chi connectivity index (χ0) is 19.6. The van der Waals surface area contributed by atoms with Crippen LogP contribution >= 0.6 is 23.2 Å². The number of amides is 2. The van der Waals surface area contributed by atoms with E-state index in [0.717, 1.165) is 13.1 Å². The molecule has 1 saturated heterocycles. The summed E-state index contributed by atoms with van der Waals surface area (Å²) in [5.74, 6) is -0.552. The van der Waals surface area contributed by atoms with Crippen LogP contribution < -0.4 is 10.2 Å². The van der Waals surface area contributed by atoms with Crippen molar-refractivity contribution in [3.63, 3.8) is 0 Å². The van der Waals surface area contributed by atoms with Gasteiger partial charge in [-0.2, -0.15) is 0 Å². The molecule has 2 aromatic carbocycles. The van der Waals surface area contributed by atoms with Crippen LogP contribution in [0, 0.1) is 12.7 Å². The highest BCUT2D eigenvalue weighted by atomic mass is 35.5. The summed E-state index contributed by atoms with van der Waals surface area (Å²) >= 11 is 11.9. The number of hydrogen-bond donors (Lipinski definition) is 1. The van der Waals surface area contributed by atoms with Gasteiger partial charge in [-0.1, -0.05) is 35.3 Å². The molecule has 1 atom stereocenters. The molecule has 0 radical (unpaired) electrons. The molecule has 27 heavy (non-hydrogen) atoms. The van der Waals surface area contributed by atoms with E-state index in [9.17, 15) is 9.18 Å². The zero-order valence-corrected chi connectivity index (χ0v) is 16.8. The number of hydrogen-bond acceptors (Lipinski definition) is 2. The normalized spacial score (nSPS) is 15.6. The van der Waals surface area contributed by atoms with Crippen molar-refractivity contribution in [2.75, 3.05) is 31.1 Å². The molecule has 0 saturated carbocycles. The maximum atomic E-state index is 13.7. The third-order valence-corrected chi connectivity index (χ3v) is 5.40. The number of aryl methyl sites for hydroxylation is 1. The molecule has 1 aliphatic rings. The lowest BCUT2D eigenvalue weighted by atomic mass is 10.1. The van der Waals surface area contributed by atoms with Gasteiger partial charge in [0.1, 0.15) is 5.82 Å². The van der Waals surface area contributed by atoms with E-state index >= 15 is 0 Å². The van der Waals surface area contributed by atoms with E-state index < -0.39 is 11.9 Å². The Morgan fingerprint density at radius 2 is 1.81 bits per heavy atom. The van der Waals surface area contributed by atoms with E-state index in [2.05, 4.69) is 35.3 Å². The average Bonchev–Trinajstić information content (AvgIpc) is 2.64. The van der Waals surface area contributed by atoms with E-state index in [1.165, 1.54) is 23.4 Å². The van der Waals surface area contributed by atoms with Crippen molar-refractivity contribution < 1.29 is 9.18 Å². The van der Waals surface area contributed by atoms with Crippen molar-refractivity contribution in [3.05, 3.63) is 63.4 Å². The summed E-state index contributed by atoms with van der Waals surface area (Å²) in [5, 5.41) is 3.19. The van der Waals surface area contributed by atoms with Gasteiger partial charge in [0.2, 0.25) is 0 Å². The standard InChI is InChI=1S/C20H22Cl2FN3O/c1-13-4-3-5-15(10-13)25-6-8-26(9-7-25)20(27)24-14(2)16-11-19(23)18(22)12-17(16)21/h3-5,10-12,14H,6-9H2,1-2H3,(H,24,27). The van der Waals surface area contributed by atoms with Crippen molar-refractivity contribution in [3.8, 4) is 0 Å². The fourth-order valence-electron chi connectivity index (χ4n) is 3.22. The van der Waals surface area contributed by atoms with Gasteiger partial charge in [-0.25, -0.2) is 9.18 Å². The highest BCUT2D eigenvalue weighted by Crippen LogP contribution is 2.28. The number of rotatable bonds is 3. The van der Waals surface area contributed by atoms with Gasteiger partial charge in [0.25, 0.3) is 0 Å². The Hall–Kier alpha value is -1.98. The first-order valence-electron chi connectivity index (χ1n) is 8.86. The first kappa shape index (κ1) is 19.8. The van der Waals surface area contributed by atoms with Gasteiger partial charge in [-0.15, -0.1) is 0 Å². The summed E-state index contributed by atoms with van der Waals surface area (Å²) in [6, 6.07) is 10.4. The Bertz CT molecular complexity index is 838. The average molecular weight is 410 g/mol. The summed E-state index contributed by atoms with van der Waals surface area (Å²) in [5.41, 5.74) is 2.89.